The van der Waals surface area contributed by atoms with Crippen molar-refractivity contribution in [2.24, 2.45) is 0 Å². The van der Waals surface area contributed by atoms with Crippen molar-refractivity contribution in [2.45, 2.75) is 19.2 Å². The Morgan fingerprint density at radius 2 is 2.19 bits per heavy atom. The number of carbonyl (C=O) groups is 1. The van der Waals surface area contributed by atoms with E-state index in [2.05, 4.69) is 15.3 Å². The minimum absolute atomic E-state index is 0.0813. The molecule has 3 heterocycles. The minimum atomic E-state index is -0.518. The van der Waals surface area contributed by atoms with Crippen LogP contribution in [0, 0.1) is 5.82 Å². The molecule has 10 heteroatoms. The predicted molar refractivity (Wildman–Crippen MR) is 111 cm³/mol. The van der Waals surface area contributed by atoms with Crippen LogP contribution >= 0.6 is 0 Å². The molecule has 1 aromatic carbocycles. The van der Waals surface area contributed by atoms with Crippen molar-refractivity contribution in [3.8, 4) is 11.1 Å². The molecule has 1 atom stereocenters. The Kier molecular flexibility index (Phi) is 6.19. The number of rotatable bonds is 8. The number of carbonyl (C=O) groups excluding carboxylic acids is 1. The highest BCUT2D eigenvalue weighted by Gasteiger charge is 2.33. The zero-order chi connectivity index (χ0) is 21.8. The molecule has 4 rings (SSSR count). The molecule has 1 fully saturated rings. The lowest BCUT2D eigenvalue weighted by molar-refractivity contribution is 0.129. The van der Waals surface area contributed by atoms with Gasteiger partial charge in [0.05, 0.1) is 37.3 Å². The van der Waals surface area contributed by atoms with Crippen LogP contribution in [0.3, 0.4) is 0 Å². The number of aromatic nitrogens is 4. The number of anilines is 1. The van der Waals surface area contributed by atoms with Crippen molar-refractivity contribution < 1.29 is 19.0 Å². The van der Waals surface area contributed by atoms with E-state index in [9.17, 15) is 9.18 Å². The van der Waals surface area contributed by atoms with Gasteiger partial charge in [0.15, 0.2) is 0 Å². The van der Waals surface area contributed by atoms with Gasteiger partial charge in [-0.2, -0.15) is 0 Å². The number of likely N-dealkylation sites (N-methyl/N-ethyl adjacent to an activating group) is 1. The predicted octanol–water partition coefficient (Wildman–Crippen LogP) is 1.93. The first-order chi connectivity index (χ1) is 15.0. The van der Waals surface area contributed by atoms with Crippen LogP contribution in [0.4, 0.5) is 14.9 Å². The van der Waals surface area contributed by atoms with Crippen molar-refractivity contribution in [3.63, 3.8) is 0 Å². The highest BCUT2D eigenvalue weighted by Crippen LogP contribution is 2.29. The Morgan fingerprint density at radius 3 is 2.87 bits per heavy atom. The van der Waals surface area contributed by atoms with Gasteiger partial charge >= 0.3 is 6.09 Å². The first-order valence-electron chi connectivity index (χ1n) is 9.90. The number of hydrogen-bond donors (Lipinski definition) is 1. The Bertz CT molecular complexity index is 1030. The van der Waals surface area contributed by atoms with Crippen molar-refractivity contribution >= 4 is 11.8 Å². The van der Waals surface area contributed by atoms with E-state index >= 15 is 0 Å². The number of halogens is 1. The quantitative estimate of drug-likeness (QED) is 0.588. The van der Waals surface area contributed by atoms with E-state index in [1.54, 1.807) is 35.4 Å². The van der Waals surface area contributed by atoms with Crippen molar-refractivity contribution in [1.29, 1.82) is 0 Å². The third-order valence-corrected chi connectivity index (χ3v) is 5.05. The number of cyclic esters (lactones) is 1. The van der Waals surface area contributed by atoms with Gasteiger partial charge in [0.25, 0.3) is 0 Å². The molecule has 0 unspecified atom stereocenters. The van der Waals surface area contributed by atoms with E-state index in [1.807, 2.05) is 24.1 Å². The van der Waals surface area contributed by atoms with E-state index in [0.29, 0.717) is 43.0 Å². The molecule has 0 aliphatic carbocycles. The molecule has 1 saturated heterocycles. The van der Waals surface area contributed by atoms with Crippen LogP contribution < -0.4 is 4.90 Å². The summed E-state index contributed by atoms with van der Waals surface area (Å²) < 4.78 is 21.8. The number of hydrogen-bond acceptors (Lipinski definition) is 7. The summed E-state index contributed by atoms with van der Waals surface area (Å²) in [6, 6.07) is 8.31. The first kappa shape index (κ1) is 20.9. The Labute approximate surface area is 178 Å². The SMILES string of the molecule is CN(CCO)Cc1ccc(-c2ccc(N3C[C@H](Cn4ccnn4)OC3=O)cc2F)cn1. The average Bonchev–Trinajstić information content (AvgIpc) is 3.38. The molecule has 0 radical (unpaired) electrons. The maximum absolute atomic E-state index is 14.9. The highest BCUT2D eigenvalue weighted by atomic mass is 19.1. The van der Waals surface area contributed by atoms with Crippen LogP contribution in [0.1, 0.15) is 5.69 Å². The molecule has 1 aliphatic heterocycles. The number of amides is 1. The van der Waals surface area contributed by atoms with Crippen LogP contribution in [-0.4, -0.2) is 68.9 Å². The lowest BCUT2D eigenvalue weighted by atomic mass is 10.1. The topological polar surface area (TPSA) is 96.6 Å². The van der Waals surface area contributed by atoms with E-state index in [1.165, 1.54) is 11.0 Å². The van der Waals surface area contributed by atoms with Crippen molar-refractivity contribution in [1.82, 2.24) is 24.9 Å². The molecule has 3 aromatic rings. The van der Waals surface area contributed by atoms with Gasteiger partial charge in [-0.15, -0.1) is 5.10 Å². The van der Waals surface area contributed by atoms with Crippen LogP contribution in [0.25, 0.3) is 11.1 Å². The smallest absolute Gasteiger partial charge is 0.414 e. The Morgan fingerprint density at radius 1 is 1.32 bits per heavy atom. The maximum atomic E-state index is 14.9. The van der Waals surface area contributed by atoms with Crippen LogP contribution in [0.15, 0.2) is 48.9 Å². The fraction of sp³-hybridized carbons (Fsp3) is 0.333. The van der Waals surface area contributed by atoms with Gasteiger partial charge in [-0.25, -0.2) is 13.9 Å². The number of benzene rings is 1. The molecule has 31 heavy (non-hydrogen) atoms. The fourth-order valence-electron chi connectivity index (χ4n) is 3.48. The highest BCUT2D eigenvalue weighted by molar-refractivity contribution is 5.90. The van der Waals surface area contributed by atoms with Gasteiger partial charge in [0, 0.05) is 36.6 Å². The lowest BCUT2D eigenvalue weighted by Gasteiger charge is -2.15. The van der Waals surface area contributed by atoms with E-state index in [0.717, 1.165) is 5.69 Å². The molecule has 9 nitrogen and oxygen atoms in total. The third kappa shape index (κ3) is 4.86. The number of aliphatic hydroxyl groups is 1. The van der Waals surface area contributed by atoms with Crippen LogP contribution in [0.5, 0.6) is 0 Å². The summed E-state index contributed by atoms with van der Waals surface area (Å²) >= 11 is 0. The minimum Gasteiger partial charge on any atom is -0.442 e. The van der Waals surface area contributed by atoms with Crippen molar-refractivity contribution in [3.05, 3.63) is 60.4 Å². The molecular formula is C21H23FN6O3. The summed E-state index contributed by atoms with van der Waals surface area (Å²) in [7, 11) is 1.89. The Balaban J connectivity index is 1.45. The summed E-state index contributed by atoms with van der Waals surface area (Å²) in [5.74, 6) is -0.447. The number of pyridine rings is 1. The van der Waals surface area contributed by atoms with Gasteiger partial charge in [-0.3, -0.25) is 14.8 Å². The second-order valence-corrected chi connectivity index (χ2v) is 7.41. The zero-order valence-electron chi connectivity index (χ0n) is 17.1. The molecule has 162 valence electrons. The molecule has 0 bridgehead atoms. The summed E-state index contributed by atoms with van der Waals surface area (Å²) in [5, 5.41) is 16.6. The maximum Gasteiger partial charge on any atom is 0.414 e. The third-order valence-electron chi connectivity index (χ3n) is 5.05. The van der Waals surface area contributed by atoms with Gasteiger partial charge in [-0.05, 0) is 31.3 Å². The van der Waals surface area contributed by atoms with E-state index < -0.39 is 18.0 Å². The average molecular weight is 426 g/mol. The Hall–Kier alpha value is -3.37. The molecular weight excluding hydrogens is 403 g/mol. The largest absolute Gasteiger partial charge is 0.442 e. The van der Waals surface area contributed by atoms with E-state index in [-0.39, 0.29) is 6.61 Å². The molecule has 0 saturated carbocycles. The number of aliphatic hydroxyl groups excluding tert-OH is 1. The number of ether oxygens (including phenoxy) is 1. The van der Waals surface area contributed by atoms with Gasteiger partial charge in [0.1, 0.15) is 11.9 Å². The standard InChI is InChI=1S/C21H23FN6O3/c1-26(8-9-29)12-16-3-2-15(11-23-16)19-5-4-17(10-20(19)22)28-14-18(31-21(28)30)13-27-7-6-24-25-27/h2-7,10-11,18,29H,8-9,12-14H2,1H3/t18-/m0/s1. The van der Waals surface area contributed by atoms with Crippen LogP contribution in [0.2, 0.25) is 0 Å². The molecule has 1 amide bonds. The second-order valence-electron chi connectivity index (χ2n) is 7.41. The monoisotopic (exact) mass is 426 g/mol. The molecule has 0 spiro atoms. The zero-order valence-corrected chi connectivity index (χ0v) is 17.1. The summed E-state index contributed by atoms with van der Waals surface area (Å²) in [6.07, 6.45) is 3.96. The van der Waals surface area contributed by atoms with Gasteiger partial charge < -0.3 is 9.84 Å². The van der Waals surface area contributed by atoms with Gasteiger partial charge in [0.2, 0.25) is 0 Å². The second kappa shape index (κ2) is 9.19. The molecule has 2 aromatic heterocycles. The molecule has 1 N–H and O–H groups in total. The summed E-state index contributed by atoms with van der Waals surface area (Å²) in [4.78, 5) is 20.0. The summed E-state index contributed by atoms with van der Waals surface area (Å²) in [6.45, 7) is 1.91. The lowest BCUT2D eigenvalue weighted by Crippen LogP contribution is -2.26. The first-order valence-corrected chi connectivity index (χ1v) is 9.90. The van der Waals surface area contributed by atoms with Crippen molar-refractivity contribution in [2.75, 3.05) is 31.6 Å². The number of nitrogens with zero attached hydrogens (tertiary/aromatic N) is 6. The normalized spacial score (nSPS) is 16.2. The fourth-order valence-corrected chi connectivity index (χ4v) is 3.48. The van der Waals surface area contributed by atoms with Gasteiger partial charge in [-0.1, -0.05) is 11.3 Å². The molecule has 1 aliphatic rings. The van der Waals surface area contributed by atoms with E-state index in [4.69, 9.17) is 9.84 Å². The van der Waals surface area contributed by atoms with Crippen LogP contribution in [-0.2, 0) is 17.8 Å². The summed E-state index contributed by atoms with van der Waals surface area (Å²) in [5.41, 5.74) is 2.31.